The fraction of sp³-hybridized carbons (Fsp3) is 0.778. The van der Waals surface area contributed by atoms with Crippen molar-refractivity contribution in [2.24, 2.45) is 11.8 Å². The van der Waals surface area contributed by atoms with E-state index in [1.54, 1.807) is 0 Å². The average molecular weight is 182 g/mol. The highest BCUT2D eigenvalue weighted by molar-refractivity contribution is 7.80. The summed E-state index contributed by atoms with van der Waals surface area (Å²) < 4.78 is 0. The number of rotatable bonds is 1. The lowest BCUT2D eigenvalue weighted by Gasteiger charge is -2.21. The van der Waals surface area contributed by atoms with Crippen molar-refractivity contribution < 1.29 is 0 Å². The van der Waals surface area contributed by atoms with Crippen molar-refractivity contribution in [2.75, 3.05) is 6.54 Å². The molecule has 1 fully saturated rings. The van der Waals surface area contributed by atoms with Gasteiger partial charge in [-0.05, 0) is 12.8 Å². The van der Waals surface area contributed by atoms with Gasteiger partial charge in [-0.25, -0.2) is 0 Å². The van der Waals surface area contributed by atoms with E-state index in [1.165, 1.54) is 0 Å². The first-order chi connectivity index (χ1) is 5.59. The molecule has 0 N–H and O–H groups in total. The van der Waals surface area contributed by atoms with Gasteiger partial charge in [-0.2, -0.15) is 5.26 Å². The highest BCUT2D eigenvalue weighted by atomic mass is 32.1. The van der Waals surface area contributed by atoms with Crippen LogP contribution in [0.25, 0.3) is 0 Å². The molecule has 1 aliphatic rings. The van der Waals surface area contributed by atoms with E-state index in [2.05, 4.69) is 26.8 Å². The van der Waals surface area contributed by atoms with Gasteiger partial charge in [-0.1, -0.05) is 26.1 Å². The zero-order valence-corrected chi connectivity index (χ0v) is 8.56. The largest absolute Gasteiger partial charge is 0.350 e. The maximum atomic E-state index is 8.58. The van der Waals surface area contributed by atoms with Crippen LogP contribution in [0.15, 0.2) is 0 Å². The van der Waals surface area contributed by atoms with E-state index in [4.69, 9.17) is 17.5 Å². The summed E-state index contributed by atoms with van der Waals surface area (Å²) in [6, 6.07) is 2.57. The van der Waals surface area contributed by atoms with Crippen LogP contribution in [0.4, 0.5) is 0 Å². The van der Waals surface area contributed by atoms with Crippen molar-refractivity contribution in [1.29, 1.82) is 5.26 Å². The summed E-state index contributed by atoms with van der Waals surface area (Å²) in [7, 11) is 0. The third kappa shape index (κ3) is 1.32. The molecule has 0 saturated carbocycles. The summed E-state index contributed by atoms with van der Waals surface area (Å²) in [5.41, 5.74) is 0. The van der Waals surface area contributed by atoms with Crippen LogP contribution in [0, 0.1) is 23.2 Å². The van der Waals surface area contributed by atoms with Gasteiger partial charge in [-0.3, -0.25) is 0 Å². The number of nitrogens with zero attached hydrogens (tertiary/aromatic N) is 2. The Labute approximate surface area is 79.2 Å². The molecule has 0 aromatic rings. The second-order valence-corrected chi connectivity index (χ2v) is 3.93. The smallest absolute Gasteiger partial charge is 0.106 e. The standard InChI is InChI=1S/C9H14N2S/c1-6-7(2)9(12)11(5-4-10)8(6)3/h6-8H,5H2,1-3H3. The molecule has 0 bridgehead atoms. The number of thiocarbonyl (C=S) groups is 1. The maximum absolute atomic E-state index is 8.58. The Morgan fingerprint density at radius 3 is 2.42 bits per heavy atom. The number of nitriles is 1. The second-order valence-electron chi connectivity index (χ2n) is 3.51. The summed E-state index contributed by atoms with van der Waals surface area (Å²) in [6.45, 7) is 6.91. The van der Waals surface area contributed by atoms with Crippen molar-refractivity contribution in [1.82, 2.24) is 4.90 Å². The highest BCUT2D eigenvalue weighted by Gasteiger charge is 2.36. The Morgan fingerprint density at radius 1 is 1.50 bits per heavy atom. The molecule has 0 radical (unpaired) electrons. The minimum atomic E-state index is 0.423. The summed E-state index contributed by atoms with van der Waals surface area (Å²) in [5, 5.41) is 8.58. The molecule has 0 aromatic heterocycles. The predicted octanol–water partition coefficient (Wildman–Crippen LogP) is 1.81. The molecule has 1 rings (SSSR count). The van der Waals surface area contributed by atoms with Gasteiger partial charge in [0, 0.05) is 12.0 Å². The lowest BCUT2D eigenvalue weighted by Crippen LogP contribution is -2.32. The molecular formula is C9H14N2S. The maximum Gasteiger partial charge on any atom is 0.106 e. The highest BCUT2D eigenvalue weighted by Crippen LogP contribution is 2.30. The zero-order valence-electron chi connectivity index (χ0n) is 7.74. The molecule has 1 heterocycles. The fourth-order valence-corrected chi connectivity index (χ4v) is 2.13. The lowest BCUT2D eigenvalue weighted by molar-refractivity contribution is 0.320. The Balaban J connectivity index is 2.78. The number of hydrogen-bond acceptors (Lipinski definition) is 2. The first-order valence-electron chi connectivity index (χ1n) is 4.27. The molecule has 66 valence electrons. The van der Waals surface area contributed by atoms with Gasteiger partial charge >= 0.3 is 0 Å². The third-order valence-corrected chi connectivity index (χ3v) is 3.56. The van der Waals surface area contributed by atoms with Gasteiger partial charge in [-0.15, -0.1) is 0 Å². The summed E-state index contributed by atoms with van der Waals surface area (Å²) in [4.78, 5) is 2.99. The molecule has 2 nitrogen and oxygen atoms in total. The molecule has 3 atom stereocenters. The van der Waals surface area contributed by atoms with E-state index in [1.807, 2.05) is 4.90 Å². The van der Waals surface area contributed by atoms with Gasteiger partial charge in [0.05, 0.1) is 11.1 Å². The zero-order chi connectivity index (χ0) is 9.30. The van der Waals surface area contributed by atoms with Gasteiger partial charge in [0.2, 0.25) is 0 Å². The average Bonchev–Trinajstić information content (AvgIpc) is 2.23. The molecular weight excluding hydrogens is 168 g/mol. The van der Waals surface area contributed by atoms with Gasteiger partial charge < -0.3 is 4.90 Å². The molecule has 0 spiro atoms. The lowest BCUT2D eigenvalue weighted by atomic mass is 9.95. The van der Waals surface area contributed by atoms with Crippen LogP contribution in [0.1, 0.15) is 20.8 Å². The van der Waals surface area contributed by atoms with Crippen LogP contribution < -0.4 is 0 Å². The van der Waals surface area contributed by atoms with Gasteiger partial charge in [0.15, 0.2) is 0 Å². The molecule has 12 heavy (non-hydrogen) atoms. The molecule has 3 unspecified atom stereocenters. The quantitative estimate of drug-likeness (QED) is 0.457. The van der Waals surface area contributed by atoms with E-state index in [-0.39, 0.29) is 0 Å². The van der Waals surface area contributed by atoms with E-state index in [0.717, 1.165) is 4.99 Å². The minimum absolute atomic E-state index is 0.423. The summed E-state index contributed by atoms with van der Waals surface area (Å²) in [6.07, 6.45) is 0. The van der Waals surface area contributed by atoms with Crippen LogP contribution in [0.5, 0.6) is 0 Å². The third-order valence-electron chi connectivity index (χ3n) is 2.95. The molecule has 1 aliphatic heterocycles. The Hall–Kier alpha value is -0.620. The summed E-state index contributed by atoms with van der Waals surface area (Å²) >= 11 is 5.26. The first-order valence-corrected chi connectivity index (χ1v) is 4.67. The van der Waals surface area contributed by atoms with Crippen LogP contribution in [-0.2, 0) is 0 Å². The fourth-order valence-electron chi connectivity index (χ4n) is 1.69. The molecule has 0 aromatic carbocycles. The van der Waals surface area contributed by atoms with Crippen molar-refractivity contribution in [2.45, 2.75) is 26.8 Å². The Kier molecular flexibility index (Phi) is 2.69. The summed E-state index contributed by atoms with van der Waals surface area (Å²) in [5.74, 6) is 1.02. The first kappa shape index (κ1) is 9.47. The van der Waals surface area contributed by atoms with Gasteiger partial charge in [0.25, 0.3) is 0 Å². The molecule has 0 aliphatic carbocycles. The Bertz CT molecular complexity index is 231. The SMILES string of the molecule is CC1C(=S)N(CC#N)C(C)C1C. The number of likely N-dealkylation sites (tertiary alicyclic amines) is 1. The van der Waals surface area contributed by atoms with Gasteiger partial charge in [0.1, 0.15) is 6.54 Å². The van der Waals surface area contributed by atoms with Crippen LogP contribution in [-0.4, -0.2) is 22.5 Å². The number of hydrogen-bond donors (Lipinski definition) is 0. The van der Waals surface area contributed by atoms with E-state index in [9.17, 15) is 0 Å². The van der Waals surface area contributed by atoms with Crippen molar-refractivity contribution in [3.05, 3.63) is 0 Å². The monoisotopic (exact) mass is 182 g/mol. The van der Waals surface area contributed by atoms with Crippen LogP contribution >= 0.6 is 12.2 Å². The van der Waals surface area contributed by atoms with E-state index in [0.29, 0.717) is 24.4 Å². The Morgan fingerprint density at radius 2 is 2.08 bits per heavy atom. The minimum Gasteiger partial charge on any atom is -0.350 e. The molecule has 0 amide bonds. The topological polar surface area (TPSA) is 27.0 Å². The van der Waals surface area contributed by atoms with Crippen molar-refractivity contribution in [3.8, 4) is 6.07 Å². The van der Waals surface area contributed by atoms with E-state index < -0.39 is 0 Å². The molecule has 3 heteroatoms. The van der Waals surface area contributed by atoms with Crippen LogP contribution in [0.3, 0.4) is 0 Å². The van der Waals surface area contributed by atoms with E-state index >= 15 is 0 Å². The predicted molar refractivity (Wildman–Crippen MR) is 52.7 cm³/mol. The molecule has 1 saturated heterocycles. The normalized spacial score (nSPS) is 35.3. The van der Waals surface area contributed by atoms with Crippen molar-refractivity contribution in [3.63, 3.8) is 0 Å². The second kappa shape index (κ2) is 3.40. The van der Waals surface area contributed by atoms with Crippen LogP contribution in [0.2, 0.25) is 0 Å². The van der Waals surface area contributed by atoms with Crippen molar-refractivity contribution >= 4 is 17.2 Å².